The van der Waals surface area contributed by atoms with E-state index in [1.807, 2.05) is 6.07 Å². The molecule has 0 bridgehead atoms. The predicted molar refractivity (Wildman–Crippen MR) is 143 cm³/mol. The molecule has 0 N–H and O–H groups in total. The van der Waals surface area contributed by atoms with Gasteiger partial charge in [0, 0.05) is 31.0 Å². The molecule has 2 aromatic carbocycles. The highest BCUT2D eigenvalue weighted by molar-refractivity contribution is 7.89. The van der Waals surface area contributed by atoms with Gasteiger partial charge in [-0.05, 0) is 66.9 Å². The van der Waals surface area contributed by atoms with Crippen LogP contribution in [0.5, 0.6) is 0 Å². The minimum atomic E-state index is -3.67. The molecule has 7 nitrogen and oxygen atoms in total. The van der Waals surface area contributed by atoms with E-state index in [-0.39, 0.29) is 29.2 Å². The number of hydrogen-bond acceptors (Lipinski definition) is 6. The predicted octanol–water partition coefficient (Wildman–Crippen LogP) is 5.63. The Morgan fingerprint density at radius 2 is 1.84 bits per heavy atom. The summed E-state index contributed by atoms with van der Waals surface area (Å²) in [4.78, 5) is 24.0. The minimum absolute atomic E-state index is 0.00101. The van der Waals surface area contributed by atoms with Crippen LogP contribution in [0, 0.1) is 5.82 Å². The Morgan fingerprint density at radius 3 is 2.54 bits per heavy atom. The molecule has 5 rings (SSSR count). The third-order valence-corrected chi connectivity index (χ3v) is 9.71. The molecule has 2 aromatic heterocycles. The number of benzene rings is 2. The van der Waals surface area contributed by atoms with Crippen molar-refractivity contribution >= 4 is 42.6 Å². The van der Waals surface area contributed by atoms with Gasteiger partial charge in [-0.3, -0.25) is 14.7 Å². The highest BCUT2D eigenvalue weighted by Crippen LogP contribution is 2.32. The van der Waals surface area contributed by atoms with Crippen molar-refractivity contribution in [2.75, 3.05) is 11.9 Å². The van der Waals surface area contributed by atoms with Gasteiger partial charge >= 0.3 is 0 Å². The van der Waals surface area contributed by atoms with Crippen LogP contribution in [0.3, 0.4) is 0 Å². The van der Waals surface area contributed by atoms with Crippen LogP contribution in [-0.2, 0) is 16.6 Å². The Morgan fingerprint density at radius 1 is 1.08 bits per heavy atom. The summed E-state index contributed by atoms with van der Waals surface area (Å²) in [5.41, 5.74) is 1.72. The maximum Gasteiger partial charge on any atom is 0.260 e. The van der Waals surface area contributed by atoms with Crippen molar-refractivity contribution in [3.8, 4) is 0 Å². The number of thiazole rings is 1. The Balaban J connectivity index is 1.44. The molecule has 0 aliphatic heterocycles. The maximum atomic E-state index is 13.8. The smallest absolute Gasteiger partial charge is 0.260 e. The average molecular weight is 539 g/mol. The zero-order valence-corrected chi connectivity index (χ0v) is 22.0. The number of hydrogen-bond donors (Lipinski definition) is 0. The zero-order valence-electron chi connectivity index (χ0n) is 20.4. The molecule has 192 valence electrons. The lowest BCUT2D eigenvalue weighted by Crippen LogP contribution is -2.38. The van der Waals surface area contributed by atoms with Gasteiger partial charge in [0.15, 0.2) is 5.13 Å². The van der Waals surface area contributed by atoms with Crippen LogP contribution < -0.4 is 4.90 Å². The number of halogens is 1. The Hall–Kier alpha value is -3.21. The van der Waals surface area contributed by atoms with Crippen LogP contribution in [0.25, 0.3) is 10.2 Å². The molecule has 1 saturated carbocycles. The average Bonchev–Trinajstić information content (AvgIpc) is 3.35. The summed E-state index contributed by atoms with van der Waals surface area (Å²) in [6.07, 6.45) is 8.25. The molecule has 1 aliphatic rings. The van der Waals surface area contributed by atoms with E-state index in [9.17, 15) is 17.6 Å². The molecule has 1 fully saturated rings. The van der Waals surface area contributed by atoms with Crippen LogP contribution in [0.1, 0.15) is 48.0 Å². The van der Waals surface area contributed by atoms with Gasteiger partial charge in [-0.15, -0.1) is 0 Å². The molecule has 0 spiro atoms. The van der Waals surface area contributed by atoms with E-state index in [1.54, 1.807) is 31.6 Å². The van der Waals surface area contributed by atoms with Crippen molar-refractivity contribution < 1.29 is 17.6 Å². The van der Waals surface area contributed by atoms with Crippen LogP contribution >= 0.6 is 11.3 Å². The van der Waals surface area contributed by atoms with E-state index >= 15 is 0 Å². The van der Waals surface area contributed by atoms with E-state index in [4.69, 9.17) is 0 Å². The summed E-state index contributed by atoms with van der Waals surface area (Å²) in [6.45, 7) is 0.208. The maximum absolute atomic E-state index is 13.8. The fourth-order valence-electron chi connectivity index (χ4n) is 4.63. The van der Waals surface area contributed by atoms with Crippen molar-refractivity contribution in [2.24, 2.45) is 0 Å². The molecule has 0 radical (unpaired) electrons. The number of pyridine rings is 1. The monoisotopic (exact) mass is 538 g/mol. The lowest BCUT2D eigenvalue weighted by Gasteiger charge is -2.30. The van der Waals surface area contributed by atoms with Crippen LogP contribution in [0.4, 0.5) is 9.52 Å². The quantitative estimate of drug-likeness (QED) is 0.305. The number of amides is 1. The molecule has 4 aromatic rings. The van der Waals surface area contributed by atoms with Gasteiger partial charge in [0.2, 0.25) is 10.0 Å². The number of nitrogens with zero attached hydrogens (tertiary/aromatic N) is 4. The van der Waals surface area contributed by atoms with Gasteiger partial charge in [0.05, 0.1) is 21.7 Å². The van der Waals surface area contributed by atoms with Gasteiger partial charge < -0.3 is 0 Å². The number of carbonyl (C=O) groups is 1. The highest BCUT2D eigenvalue weighted by Gasteiger charge is 2.29. The molecule has 1 amide bonds. The van der Waals surface area contributed by atoms with E-state index in [1.165, 1.54) is 56.9 Å². The molecular formula is C27H27FN4O3S2. The summed E-state index contributed by atoms with van der Waals surface area (Å²) in [7, 11) is -2.03. The number of fused-ring (bicyclic) bond motifs is 1. The first-order chi connectivity index (χ1) is 17.8. The zero-order chi connectivity index (χ0) is 26.0. The fraction of sp³-hybridized carbons (Fsp3) is 0.296. The van der Waals surface area contributed by atoms with Gasteiger partial charge in [-0.1, -0.05) is 36.7 Å². The summed E-state index contributed by atoms with van der Waals surface area (Å²) in [5.74, 6) is -0.712. The molecule has 37 heavy (non-hydrogen) atoms. The van der Waals surface area contributed by atoms with E-state index < -0.39 is 10.0 Å². The summed E-state index contributed by atoms with van der Waals surface area (Å²) in [6, 6.07) is 14.0. The van der Waals surface area contributed by atoms with Crippen molar-refractivity contribution in [3.63, 3.8) is 0 Å². The van der Waals surface area contributed by atoms with E-state index in [0.717, 1.165) is 37.7 Å². The van der Waals surface area contributed by atoms with Crippen LogP contribution in [0.2, 0.25) is 0 Å². The summed E-state index contributed by atoms with van der Waals surface area (Å²) < 4.78 is 42.3. The Bertz CT molecular complexity index is 1500. The molecule has 2 heterocycles. The number of carbonyl (C=O) groups excluding carboxylic acids is 1. The minimum Gasteiger partial charge on any atom is -0.279 e. The first kappa shape index (κ1) is 25.4. The van der Waals surface area contributed by atoms with Gasteiger partial charge in [-0.25, -0.2) is 17.8 Å². The van der Waals surface area contributed by atoms with Crippen molar-refractivity contribution in [2.45, 2.75) is 49.6 Å². The highest BCUT2D eigenvalue weighted by atomic mass is 32.2. The second kappa shape index (κ2) is 10.6. The van der Waals surface area contributed by atoms with Gasteiger partial charge in [-0.2, -0.15) is 4.31 Å². The van der Waals surface area contributed by atoms with Gasteiger partial charge in [0.1, 0.15) is 5.82 Å². The lowest BCUT2D eigenvalue weighted by molar-refractivity contribution is 0.0985. The van der Waals surface area contributed by atoms with E-state index in [2.05, 4.69) is 9.97 Å². The van der Waals surface area contributed by atoms with Crippen molar-refractivity contribution in [1.29, 1.82) is 0 Å². The Kier molecular flexibility index (Phi) is 7.32. The topological polar surface area (TPSA) is 83.5 Å². The number of sulfonamides is 1. The summed E-state index contributed by atoms with van der Waals surface area (Å²) >= 11 is 1.22. The van der Waals surface area contributed by atoms with Crippen molar-refractivity contribution in [1.82, 2.24) is 14.3 Å². The number of anilines is 1. The molecule has 1 aliphatic carbocycles. The second-order valence-corrected chi connectivity index (χ2v) is 12.2. The lowest BCUT2D eigenvalue weighted by atomic mass is 9.96. The largest absolute Gasteiger partial charge is 0.279 e. The van der Waals surface area contributed by atoms with Crippen LogP contribution in [-0.4, -0.2) is 41.7 Å². The third kappa shape index (κ3) is 5.41. The molecule has 0 atom stereocenters. The Labute approximate surface area is 219 Å². The van der Waals surface area contributed by atoms with Crippen molar-refractivity contribution in [3.05, 3.63) is 83.9 Å². The normalized spacial score (nSPS) is 14.8. The molecular weight excluding hydrogens is 511 g/mol. The summed E-state index contributed by atoms with van der Waals surface area (Å²) in [5, 5.41) is 0.420. The fourth-order valence-corrected chi connectivity index (χ4v) is 7.04. The number of rotatable bonds is 7. The number of aromatic nitrogens is 2. The first-order valence-corrected chi connectivity index (χ1v) is 14.4. The standard InChI is InChI=1S/C27H27FN4O3S2/c1-31(22-7-3-2-4-8-22)37(34,35)23-12-9-20(10-13-23)26(33)32(18-19-6-5-15-29-17-19)27-30-24-14-11-21(28)16-25(24)36-27/h5-6,9-17,22H,2-4,7-8,18H2,1H3. The molecule has 0 unspecified atom stereocenters. The van der Waals surface area contributed by atoms with Gasteiger partial charge in [0.25, 0.3) is 5.91 Å². The van der Waals surface area contributed by atoms with Crippen LogP contribution in [0.15, 0.2) is 71.9 Å². The first-order valence-electron chi connectivity index (χ1n) is 12.2. The van der Waals surface area contributed by atoms with E-state index in [0.29, 0.717) is 20.9 Å². The molecule has 0 saturated heterocycles. The SMILES string of the molecule is CN(C1CCCCC1)S(=O)(=O)c1ccc(C(=O)N(Cc2cccnc2)c2nc3ccc(F)cc3s2)cc1. The molecule has 10 heteroatoms. The third-order valence-electron chi connectivity index (χ3n) is 6.75. The second-order valence-electron chi connectivity index (χ2n) is 9.20.